The van der Waals surface area contributed by atoms with E-state index in [9.17, 15) is 9.59 Å². The molecule has 0 unspecified atom stereocenters. The topological polar surface area (TPSA) is 84.2 Å². The summed E-state index contributed by atoms with van der Waals surface area (Å²) in [5.41, 5.74) is 5.42. The number of amides is 1. The predicted octanol–water partition coefficient (Wildman–Crippen LogP) is 4.80. The monoisotopic (exact) mass is 495 g/mol. The molecule has 0 aliphatic rings. The number of H-pyrrole nitrogens is 1. The first-order valence-corrected chi connectivity index (χ1v) is 12.0. The van der Waals surface area contributed by atoms with E-state index in [1.807, 2.05) is 71.4 Å². The second kappa shape index (κ2) is 9.02. The Labute approximate surface area is 211 Å². The summed E-state index contributed by atoms with van der Waals surface area (Å²) in [6, 6.07) is 20.5. The first-order valence-electron chi connectivity index (χ1n) is 11.7. The molecule has 0 aliphatic carbocycles. The molecular formula is C28H22ClN5O2. The molecule has 1 amide bonds. The number of nitrogens with zero attached hydrogens (tertiary/aromatic N) is 3. The smallest absolute Gasteiger partial charge is 0.276 e. The molecule has 178 valence electrons. The number of halogens is 1. The molecule has 0 saturated heterocycles. The average Bonchev–Trinajstić information content (AvgIpc) is 3.54. The minimum absolute atomic E-state index is 0.125. The highest BCUT2D eigenvalue weighted by Crippen LogP contribution is 2.22. The van der Waals surface area contributed by atoms with Gasteiger partial charge in [-0.2, -0.15) is 0 Å². The van der Waals surface area contributed by atoms with Crippen LogP contribution in [-0.2, 0) is 13.0 Å². The number of carbonyl (C=O) groups excluding carboxylic acids is 1. The summed E-state index contributed by atoms with van der Waals surface area (Å²) in [6.45, 7) is 0.798. The van der Waals surface area contributed by atoms with Gasteiger partial charge in [-0.05, 0) is 72.1 Å². The van der Waals surface area contributed by atoms with Crippen molar-refractivity contribution in [2.75, 3.05) is 6.54 Å². The Kier molecular flexibility index (Phi) is 5.54. The molecule has 6 aromatic rings. The van der Waals surface area contributed by atoms with Crippen LogP contribution >= 0.6 is 11.6 Å². The second-order valence-corrected chi connectivity index (χ2v) is 9.15. The third-order valence-electron chi connectivity index (χ3n) is 6.43. The van der Waals surface area contributed by atoms with Crippen LogP contribution in [0.1, 0.15) is 21.5 Å². The van der Waals surface area contributed by atoms with Gasteiger partial charge in [-0.1, -0.05) is 23.7 Å². The van der Waals surface area contributed by atoms with E-state index in [0.717, 1.165) is 27.5 Å². The van der Waals surface area contributed by atoms with Crippen LogP contribution < -0.4 is 10.9 Å². The van der Waals surface area contributed by atoms with E-state index in [4.69, 9.17) is 11.6 Å². The molecule has 4 aromatic heterocycles. The van der Waals surface area contributed by atoms with Gasteiger partial charge < -0.3 is 14.7 Å². The summed E-state index contributed by atoms with van der Waals surface area (Å²) < 4.78 is 3.51. The molecule has 7 nitrogen and oxygen atoms in total. The third kappa shape index (κ3) is 3.93. The zero-order valence-electron chi connectivity index (χ0n) is 19.2. The van der Waals surface area contributed by atoms with Crippen LogP contribution in [0.5, 0.6) is 0 Å². The molecule has 8 heteroatoms. The molecule has 4 heterocycles. The normalized spacial score (nSPS) is 11.5. The summed E-state index contributed by atoms with van der Waals surface area (Å²) >= 11 is 6.14. The minimum atomic E-state index is -0.160. The number of nitrogens with one attached hydrogen (secondary N) is 2. The third-order valence-corrected chi connectivity index (χ3v) is 6.67. The number of rotatable bonds is 6. The molecule has 0 saturated carbocycles. The van der Waals surface area contributed by atoms with E-state index in [-0.39, 0.29) is 11.5 Å². The molecule has 0 bridgehead atoms. The van der Waals surface area contributed by atoms with E-state index in [2.05, 4.69) is 15.3 Å². The summed E-state index contributed by atoms with van der Waals surface area (Å²) in [4.78, 5) is 33.8. The van der Waals surface area contributed by atoms with Crippen molar-refractivity contribution in [3.63, 3.8) is 0 Å². The van der Waals surface area contributed by atoms with Crippen molar-refractivity contribution in [3.8, 4) is 0 Å². The highest BCUT2D eigenvalue weighted by molar-refractivity contribution is 6.31. The van der Waals surface area contributed by atoms with Gasteiger partial charge in [0.15, 0.2) is 5.65 Å². The lowest BCUT2D eigenvalue weighted by molar-refractivity contribution is 0.0954. The number of hydrogen-bond donors (Lipinski definition) is 2. The summed E-state index contributed by atoms with van der Waals surface area (Å²) in [6.07, 6.45) is 6.17. The van der Waals surface area contributed by atoms with Crippen molar-refractivity contribution >= 4 is 45.1 Å². The van der Waals surface area contributed by atoms with Gasteiger partial charge in [-0.15, -0.1) is 0 Å². The van der Waals surface area contributed by atoms with Gasteiger partial charge in [0.05, 0.1) is 12.1 Å². The van der Waals surface area contributed by atoms with Crippen LogP contribution in [0.3, 0.4) is 0 Å². The Morgan fingerprint density at radius 3 is 2.83 bits per heavy atom. The van der Waals surface area contributed by atoms with Gasteiger partial charge in [-0.3, -0.25) is 14.2 Å². The Morgan fingerprint density at radius 2 is 1.92 bits per heavy atom. The first kappa shape index (κ1) is 22.1. The molecule has 2 aromatic carbocycles. The summed E-state index contributed by atoms with van der Waals surface area (Å²) in [5.74, 6) is -0.160. The SMILES string of the molecule is O=C(NCCc1c[nH]c2ccc(Cl)cc12)c1cccc(Cn2c(=O)c3cccn3c3cccnc32)c1. The van der Waals surface area contributed by atoms with E-state index in [0.29, 0.717) is 41.3 Å². The zero-order valence-corrected chi connectivity index (χ0v) is 20.0. The van der Waals surface area contributed by atoms with Gasteiger partial charge in [0.2, 0.25) is 0 Å². The van der Waals surface area contributed by atoms with Gasteiger partial charge in [-0.25, -0.2) is 4.98 Å². The quantitative estimate of drug-likeness (QED) is 0.348. The number of fused-ring (bicyclic) bond motifs is 4. The maximum absolute atomic E-state index is 13.2. The highest BCUT2D eigenvalue weighted by atomic mass is 35.5. The van der Waals surface area contributed by atoms with Crippen molar-refractivity contribution in [3.05, 3.63) is 117 Å². The molecule has 0 fully saturated rings. The molecule has 6 rings (SSSR count). The van der Waals surface area contributed by atoms with Gasteiger partial charge in [0, 0.05) is 46.6 Å². The fraction of sp³-hybridized carbons (Fsp3) is 0.107. The van der Waals surface area contributed by atoms with Crippen molar-refractivity contribution in [2.45, 2.75) is 13.0 Å². The fourth-order valence-electron chi connectivity index (χ4n) is 4.69. The van der Waals surface area contributed by atoms with Gasteiger partial charge >= 0.3 is 0 Å². The Hall–Kier alpha value is -4.36. The lowest BCUT2D eigenvalue weighted by atomic mass is 10.1. The predicted molar refractivity (Wildman–Crippen MR) is 142 cm³/mol. The Balaban J connectivity index is 1.21. The van der Waals surface area contributed by atoms with Crippen LogP contribution in [0, 0.1) is 0 Å². The number of carbonyl (C=O) groups is 1. The lowest BCUT2D eigenvalue weighted by Gasteiger charge is -2.12. The molecular weight excluding hydrogens is 474 g/mol. The maximum atomic E-state index is 13.2. The minimum Gasteiger partial charge on any atom is -0.361 e. The Morgan fingerprint density at radius 1 is 1.03 bits per heavy atom. The number of aromatic amines is 1. The molecule has 0 aliphatic heterocycles. The summed E-state index contributed by atoms with van der Waals surface area (Å²) in [7, 11) is 0. The fourth-order valence-corrected chi connectivity index (χ4v) is 4.87. The van der Waals surface area contributed by atoms with Crippen LogP contribution in [0.2, 0.25) is 5.02 Å². The Bertz CT molecular complexity index is 1810. The van der Waals surface area contributed by atoms with E-state index < -0.39 is 0 Å². The van der Waals surface area contributed by atoms with Crippen molar-refractivity contribution < 1.29 is 4.79 Å². The molecule has 0 atom stereocenters. The molecule has 0 spiro atoms. The van der Waals surface area contributed by atoms with Crippen LogP contribution in [-0.4, -0.2) is 31.4 Å². The van der Waals surface area contributed by atoms with Crippen LogP contribution in [0.4, 0.5) is 0 Å². The second-order valence-electron chi connectivity index (χ2n) is 8.71. The van der Waals surface area contributed by atoms with Gasteiger partial charge in [0.1, 0.15) is 5.52 Å². The van der Waals surface area contributed by atoms with E-state index in [1.165, 1.54) is 0 Å². The van der Waals surface area contributed by atoms with E-state index in [1.54, 1.807) is 22.9 Å². The van der Waals surface area contributed by atoms with Gasteiger partial charge in [0.25, 0.3) is 11.5 Å². The number of aromatic nitrogens is 4. The molecule has 2 N–H and O–H groups in total. The highest BCUT2D eigenvalue weighted by Gasteiger charge is 2.13. The standard InChI is InChI=1S/C28H22ClN5O2/c29-21-8-9-23-22(15-21)20(16-32-23)10-12-31-27(35)19-5-1-4-18(14-19)17-34-26-24(6-2-11-30-26)33-13-3-7-25(33)28(34)36/h1-9,11,13-16,32H,10,12,17H2,(H,31,35). The molecule has 36 heavy (non-hydrogen) atoms. The van der Waals surface area contributed by atoms with Crippen molar-refractivity contribution in [1.82, 2.24) is 24.3 Å². The number of pyridine rings is 1. The zero-order chi connectivity index (χ0) is 24.6. The first-order chi connectivity index (χ1) is 17.6. The largest absolute Gasteiger partial charge is 0.361 e. The maximum Gasteiger partial charge on any atom is 0.276 e. The average molecular weight is 496 g/mol. The van der Waals surface area contributed by atoms with E-state index >= 15 is 0 Å². The van der Waals surface area contributed by atoms with Crippen LogP contribution in [0.15, 0.2) is 90.1 Å². The summed E-state index contributed by atoms with van der Waals surface area (Å²) in [5, 5.41) is 4.74. The van der Waals surface area contributed by atoms with Crippen LogP contribution in [0.25, 0.3) is 27.6 Å². The number of hydrogen-bond acceptors (Lipinski definition) is 3. The lowest BCUT2D eigenvalue weighted by Crippen LogP contribution is -2.26. The molecule has 0 radical (unpaired) electrons. The number of benzene rings is 2. The van der Waals surface area contributed by atoms with Crippen molar-refractivity contribution in [2.24, 2.45) is 0 Å². The van der Waals surface area contributed by atoms with Crippen molar-refractivity contribution in [1.29, 1.82) is 0 Å².